The van der Waals surface area contributed by atoms with Crippen molar-refractivity contribution in [2.45, 2.75) is 57.2 Å². The summed E-state index contributed by atoms with van der Waals surface area (Å²) in [5.74, 6) is -2.13. The van der Waals surface area contributed by atoms with Crippen LogP contribution in [0.3, 0.4) is 0 Å². The van der Waals surface area contributed by atoms with Crippen LogP contribution in [0.15, 0.2) is 36.4 Å². The molecule has 0 radical (unpaired) electrons. The Labute approximate surface area is 267 Å². The number of aliphatic hydroxyl groups is 2. The number of carbonyl (C=O) groups is 3. The van der Waals surface area contributed by atoms with Gasteiger partial charge >= 0.3 is 11.9 Å². The summed E-state index contributed by atoms with van der Waals surface area (Å²) in [6.45, 7) is 6.67. The summed E-state index contributed by atoms with van der Waals surface area (Å²) in [7, 11) is 4.72. The Morgan fingerprint density at radius 3 is 1.85 bits per heavy atom. The number of rotatable bonds is 14. The van der Waals surface area contributed by atoms with Gasteiger partial charge in [-0.3, -0.25) is 4.79 Å². The first-order valence-electron chi connectivity index (χ1n) is 14.8. The molecule has 1 saturated heterocycles. The highest BCUT2D eigenvalue weighted by Gasteiger charge is 2.38. The van der Waals surface area contributed by atoms with Crippen LogP contribution in [0.5, 0.6) is 17.2 Å². The van der Waals surface area contributed by atoms with Crippen LogP contribution in [0.25, 0.3) is 0 Å². The van der Waals surface area contributed by atoms with Crippen molar-refractivity contribution in [2.24, 2.45) is 11.8 Å². The summed E-state index contributed by atoms with van der Waals surface area (Å²) in [6, 6.07) is 12.2. The summed E-state index contributed by atoms with van der Waals surface area (Å²) in [5, 5.41) is 42.9. The summed E-state index contributed by atoms with van der Waals surface area (Å²) < 4.78 is 29.7. The second kappa shape index (κ2) is 17.4. The lowest BCUT2D eigenvalue weighted by Crippen LogP contribution is -2.39. The van der Waals surface area contributed by atoms with Gasteiger partial charge in [-0.1, -0.05) is 13.8 Å². The zero-order valence-corrected chi connectivity index (χ0v) is 26.7. The Kier molecular flexibility index (Phi) is 14.4. The van der Waals surface area contributed by atoms with E-state index >= 15 is 0 Å². The number of hydrogen-bond acceptors (Lipinski definition) is 10. The molecule has 0 saturated carbocycles. The van der Waals surface area contributed by atoms with E-state index in [0.29, 0.717) is 29.2 Å². The number of benzene rings is 2. The molecule has 3 rings (SSSR count). The van der Waals surface area contributed by atoms with Crippen LogP contribution >= 0.6 is 0 Å². The molecule has 0 aromatic heterocycles. The van der Waals surface area contributed by atoms with Crippen molar-refractivity contribution in [3.05, 3.63) is 53.3 Å². The highest BCUT2D eigenvalue weighted by Crippen LogP contribution is 2.45. The van der Waals surface area contributed by atoms with E-state index in [1.807, 2.05) is 12.1 Å². The van der Waals surface area contributed by atoms with Crippen molar-refractivity contribution in [1.82, 2.24) is 4.90 Å². The third kappa shape index (κ3) is 9.38. The standard InChI is InChI=1S/C29H37FN2O4.C4H6O6/c1-20(2)29(19-31,23-17-25(34-3)28(36-5)26(18-23)35-4)13-6-14-32-15-11-22(12-16-32)27(33)21-7-9-24(30)10-8-21;5-1(3(7)8)2(6)4(9)10/h7-10,17-18,20,22H,6,11-16H2,1-5H3;1-2,5-6H,(H,7,8)(H,9,10)/t;1-,2-/m.1/s1. The van der Waals surface area contributed by atoms with Crippen molar-refractivity contribution < 1.29 is 53.4 Å². The fourth-order valence-corrected chi connectivity index (χ4v) is 5.47. The molecule has 252 valence electrons. The summed E-state index contributed by atoms with van der Waals surface area (Å²) in [6.07, 6.45) is -1.42. The molecule has 13 heteroatoms. The number of nitrogens with zero attached hydrogens (tertiary/aromatic N) is 2. The van der Waals surface area contributed by atoms with Gasteiger partial charge in [-0.25, -0.2) is 14.0 Å². The van der Waals surface area contributed by atoms with Crippen molar-refractivity contribution in [3.63, 3.8) is 0 Å². The number of piperidine rings is 1. The van der Waals surface area contributed by atoms with Crippen molar-refractivity contribution in [3.8, 4) is 23.3 Å². The van der Waals surface area contributed by atoms with E-state index < -0.39 is 29.6 Å². The number of ketones is 1. The molecule has 1 aliphatic heterocycles. The summed E-state index contributed by atoms with van der Waals surface area (Å²) in [4.78, 5) is 34.7. The smallest absolute Gasteiger partial charge is 0.335 e. The number of nitriles is 1. The second-order valence-corrected chi connectivity index (χ2v) is 11.3. The molecule has 4 N–H and O–H groups in total. The molecule has 12 nitrogen and oxygen atoms in total. The van der Waals surface area contributed by atoms with Gasteiger partial charge in [0, 0.05) is 11.5 Å². The molecule has 0 bridgehead atoms. The van der Waals surface area contributed by atoms with Gasteiger partial charge in [-0.2, -0.15) is 5.26 Å². The van der Waals surface area contributed by atoms with Crippen LogP contribution in [0, 0.1) is 29.0 Å². The van der Waals surface area contributed by atoms with Gasteiger partial charge in [0.25, 0.3) is 0 Å². The van der Waals surface area contributed by atoms with Gasteiger partial charge in [0.15, 0.2) is 29.5 Å². The van der Waals surface area contributed by atoms with Gasteiger partial charge in [0.2, 0.25) is 5.75 Å². The van der Waals surface area contributed by atoms with Crippen molar-refractivity contribution in [1.29, 1.82) is 5.26 Å². The SMILES string of the molecule is COc1cc(C(C#N)(CCCN2CCC(C(=O)c3ccc(F)cc3)CC2)C(C)C)cc(OC)c1OC.O=C(O)[C@H](O)[C@@H](O)C(=O)O. The van der Waals surface area contributed by atoms with E-state index in [9.17, 15) is 24.0 Å². The van der Waals surface area contributed by atoms with Gasteiger partial charge in [-0.05, 0) is 93.2 Å². The number of halogens is 1. The molecule has 3 atom stereocenters. The molecule has 1 fully saturated rings. The van der Waals surface area contributed by atoms with Crippen LogP contribution in [0.4, 0.5) is 4.39 Å². The zero-order valence-electron chi connectivity index (χ0n) is 26.7. The Hall–Kier alpha value is -4.25. The molecule has 46 heavy (non-hydrogen) atoms. The quantitative estimate of drug-likeness (QED) is 0.219. The first kappa shape index (κ1) is 37.9. The first-order chi connectivity index (χ1) is 21.8. The van der Waals surface area contributed by atoms with Gasteiger partial charge in [-0.15, -0.1) is 0 Å². The number of ether oxygens (including phenoxy) is 3. The van der Waals surface area contributed by atoms with Gasteiger partial charge < -0.3 is 39.5 Å². The lowest BCUT2D eigenvalue weighted by molar-refractivity contribution is -0.165. The average Bonchev–Trinajstić information content (AvgIpc) is 3.05. The minimum Gasteiger partial charge on any atom is -0.493 e. The third-order valence-electron chi connectivity index (χ3n) is 8.30. The fourth-order valence-electron chi connectivity index (χ4n) is 5.47. The molecular weight excluding hydrogens is 603 g/mol. The number of carbonyl (C=O) groups excluding carboxylic acids is 1. The van der Waals surface area contributed by atoms with E-state index in [-0.39, 0.29) is 23.4 Å². The molecule has 1 aliphatic rings. The van der Waals surface area contributed by atoms with E-state index in [0.717, 1.165) is 44.5 Å². The summed E-state index contributed by atoms with van der Waals surface area (Å²) >= 11 is 0. The normalized spacial score (nSPS) is 16.2. The van der Waals surface area contributed by atoms with Crippen LogP contribution in [0.1, 0.15) is 55.5 Å². The zero-order chi connectivity index (χ0) is 34.6. The minimum absolute atomic E-state index is 0.0280. The maximum Gasteiger partial charge on any atom is 0.335 e. The molecule has 0 aliphatic carbocycles. The number of carboxylic acids is 2. The van der Waals surface area contributed by atoms with Crippen LogP contribution in [-0.4, -0.2) is 96.2 Å². The molecule has 0 amide bonds. The van der Waals surface area contributed by atoms with E-state index in [1.165, 1.54) is 12.1 Å². The number of carboxylic acid groups (broad SMARTS) is 2. The first-order valence-corrected chi connectivity index (χ1v) is 14.8. The topological polar surface area (TPSA) is 187 Å². The van der Waals surface area contributed by atoms with E-state index in [4.69, 9.17) is 34.6 Å². The molecule has 1 heterocycles. The Bertz CT molecular complexity index is 1330. The lowest BCUT2D eigenvalue weighted by Gasteiger charge is -2.35. The highest BCUT2D eigenvalue weighted by atomic mass is 19.1. The number of hydrogen-bond donors (Lipinski definition) is 4. The number of likely N-dealkylation sites (tertiary alicyclic amines) is 1. The highest BCUT2D eigenvalue weighted by molar-refractivity contribution is 5.97. The second-order valence-electron chi connectivity index (χ2n) is 11.3. The average molecular weight is 647 g/mol. The lowest BCUT2D eigenvalue weighted by atomic mass is 9.69. The molecular formula is C33H43FN2O10. The maximum absolute atomic E-state index is 13.2. The number of methoxy groups -OCH3 is 3. The van der Waals surface area contributed by atoms with E-state index in [1.54, 1.807) is 33.5 Å². The summed E-state index contributed by atoms with van der Waals surface area (Å²) in [5.41, 5.74) is 0.734. The molecule has 0 spiro atoms. The van der Waals surface area contributed by atoms with Gasteiger partial charge in [0.1, 0.15) is 5.82 Å². The Morgan fingerprint density at radius 2 is 1.46 bits per heavy atom. The van der Waals surface area contributed by atoms with Crippen LogP contribution in [0.2, 0.25) is 0 Å². The van der Waals surface area contributed by atoms with Crippen molar-refractivity contribution in [2.75, 3.05) is 41.0 Å². The van der Waals surface area contributed by atoms with Crippen LogP contribution in [-0.2, 0) is 15.0 Å². The predicted octanol–water partition coefficient (Wildman–Crippen LogP) is 3.52. The van der Waals surface area contributed by atoms with Gasteiger partial charge in [0.05, 0.1) is 32.8 Å². The maximum atomic E-state index is 13.2. The predicted molar refractivity (Wildman–Crippen MR) is 165 cm³/mol. The number of Topliss-reactive ketones (excluding diaryl/α,β-unsaturated/α-hetero) is 1. The van der Waals surface area contributed by atoms with Crippen molar-refractivity contribution >= 4 is 17.7 Å². The Morgan fingerprint density at radius 1 is 0.957 bits per heavy atom. The third-order valence-corrected chi connectivity index (χ3v) is 8.30. The van der Waals surface area contributed by atoms with E-state index in [2.05, 4.69) is 24.8 Å². The fraction of sp³-hybridized carbons (Fsp3) is 0.515. The molecule has 2 aromatic rings. The molecule has 1 unspecified atom stereocenters. The molecule has 2 aromatic carbocycles. The largest absolute Gasteiger partial charge is 0.493 e. The number of aliphatic hydroxyl groups excluding tert-OH is 2. The monoisotopic (exact) mass is 646 g/mol. The number of aliphatic carboxylic acids is 2. The minimum atomic E-state index is -2.27. The Balaban J connectivity index is 0.000000634. The van der Waals surface area contributed by atoms with Crippen LogP contribution < -0.4 is 14.2 Å².